The van der Waals surface area contributed by atoms with Gasteiger partial charge in [0.25, 0.3) is 0 Å². The van der Waals surface area contributed by atoms with Crippen molar-refractivity contribution < 1.29 is 28.5 Å². The van der Waals surface area contributed by atoms with Gasteiger partial charge in [0.2, 0.25) is 16.8 Å². The molecular weight excluding hydrogens is 961 g/mol. The van der Waals surface area contributed by atoms with Crippen LogP contribution in [0.3, 0.4) is 0 Å². The van der Waals surface area contributed by atoms with Crippen LogP contribution in [0.25, 0.3) is 49.6 Å². The Labute approximate surface area is 407 Å². The topological polar surface area (TPSA) is 191 Å². The highest BCUT2D eigenvalue weighted by atomic mass is 32.1. The Kier molecular flexibility index (Phi) is 13.1. The lowest BCUT2D eigenvalue weighted by atomic mass is 9.77. The highest BCUT2D eigenvalue weighted by Crippen LogP contribution is 2.62. The SMILES string of the molecule is CCCOc1cc(N=C(C#N)C#N)sc1C1=Cc2sc3c(sc4c5sc(-c6sc(N=C(C#N)C#N)cc6OCCC)cc5sc34)c2C1(C(=O)OCc1ccccc1)C(=O)OCc1ccccc1. The highest BCUT2D eigenvalue weighted by molar-refractivity contribution is 7.45. The molecule has 12 nitrogen and oxygen atoms in total. The highest BCUT2D eigenvalue weighted by Gasteiger charge is 2.60. The number of carbonyl (C=O) groups is 2. The second-order valence-corrected chi connectivity index (χ2v) is 21.0. The number of hydrogen-bond acceptors (Lipinski definition) is 18. The number of nitriles is 4. The summed E-state index contributed by atoms with van der Waals surface area (Å²) < 4.78 is 30.6. The molecular formula is C49H32N6O6S6. The van der Waals surface area contributed by atoms with Gasteiger partial charge in [0.05, 0.1) is 51.3 Å². The molecule has 0 fully saturated rings. The van der Waals surface area contributed by atoms with E-state index in [-0.39, 0.29) is 35.2 Å². The van der Waals surface area contributed by atoms with Crippen molar-refractivity contribution in [3.63, 3.8) is 0 Å². The Morgan fingerprint density at radius 3 is 1.64 bits per heavy atom. The number of esters is 2. The summed E-state index contributed by atoms with van der Waals surface area (Å²) >= 11 is 8.61. The van der Waals surface area contributed by atoms with Gasteiger partial charge in [-0.2, -0.15) is 21.0 Å². The smallest absolute Gasteiger partial charge is 0.333 e. The van der Waals surface area contributed by atoms with E-state index in [1.165, 1.54) is 34.0 Å². The third-order valence-corrected chi connectivity index (χ3v) is 17.9. The average Bonchev–Trinajstić information content (AvgIpc) is 4.23. The average molecular weight is 993 g/mol. The lowest BCUT2D eigenvalue weighted by molar-refractivity contribution is -0.163. The molecule has 18 heteroatoms. The van der Waals surface area contributed by atoms with Crippen LogP contribution in [-0.2, 0) is 37.7 Å². The Balaban J connectivity index is 1.24. The maximum Gasteiger partial charge on any atom is 0.333 e. The zero-order chi connectivity index (χ0) is 46.7. The van der Waals surface area contributed by atoms with Gasteiger partial charge in [0, 0.05) is 32.8 Å². The van der Waals surface area contributed by atoms with E-state index < -0.39 is 17.4 Å². The molecule has 8 aromatic rings. The molecule has 330 valence electrons. The van der Waals surface area contributed by atoms with Gasteiger partial charge in [-0.05, 0) is 36.1 Å². The van der Waals surface area contributed by atoms with E-state index in [4.69, 9.17) is 18.9 Å². The van der Waals surface area contributed by atoms with Crippen molar-refractivity contribution in [2.24, 2.45) is 9.98 Å². The molecule has 0 radical (unpaired) electrons. The Bertz CT molecular complexity index is 3420. The summed E-state index contributed by atoms with van der Waals surface area (Å²) in [4.78, 5) is 42.3. The second kappa shape index (κ2) is 19.5. The number of carbonyl (C=O) groups excluding carboxylic acids is 2. The lowest BCUT2D eigenvalue weighted by Gasteiger charge is -2.29. The van der Waals surface area contributed by atoms with Crippen LogP contribution in [0.5, 0.6) is 11.5 Å². The predicted octanol–water partition coefficient (Wildman–Crippen LogP) is 13.3. The van der Waals surface area contributed by atoms with E-state index in [1.807, 2.05) is 105 Å². The quantitative estimate of drug-likeness (QED) is 0.0511. The number of rotatable bonds is 16. The van der Waals surface area contributed by atoms with Crippen LogP contribution in [0.15, 0.2) is 88.8 Å². The molecule has 0 aliphatic heterocycles. The third kappa shape index (κ3) is 8.41. The number of hydrogen-bond donors (Lipinski definition) is 0. The molecule has 0 bridgehead atoms. The molecule has 2 aromatic carbocycles. The summed E-state index contributed by atoms with van der Waals surface area (Å²) in [5.41, 5.74) is -0.586. The molecule has 0 N–H and O–H groups in total. The first-order valence-corrected chi connectivity index (χ1v) is 25.5. The molecule has 0 spiro atoms. The van der Waals surface area contributed by atoms with Gasteiger partial charge in [0.1, 0.15) is 59.0 Å². The minimum atomic E-state index is -2.15. The molecule has 1 aliphatic carbocycles. The van der Waals surface area contributed by atoms with E-state index in [0.717, 1.165) is 66.8 Å². The fourth-order valence-corrected chi connectivity index (χ4v) is 15.5. The molecule has 1 aliphatic rings. The number of nitrogens with zero attached hydrogens (tertiary/aromatic N) is 6. The normalized spacial score (nSPS) is 12.4. The lowest BCUT2D eigenvalue weighted by Crippen LogP contribution is -2.45. The minimum absolute atomic E-state index is 0.123. The van der Waals surface area contributed by atoms with Crippen LogP contribution in [0, 0.1) is 45.3 Å². The Hall–Kier alpha value is -7.00. The Morgan fingerprint density at radius 1 is 0.597 bits per heavy atom. The maximum absolute atomic E-state index is 15.5. The van der Waals surface area contributed by atoms with Gasteiger partial charge in [0.15, 0.2) is 0 Å². The van der Waals surface area contributed by atoms with Crippen molar-refractivity contribution in [3.8, 4) is 45.5 Å². The van der Waals surface area contributed by atoms with Crippen LogP contribution >= 0.6 is 68.0 Å². The van der Waals surface area contributed by atoms with Crippen molar-refractivity contribution in [3.05, 3.63) is 105 Å². The van der Waals surface area contributed by atoms with Gasteiger partial charge >= 0.3 is 11.9 Å². The zero-order valence-corrected chi connectivity index (χ0v) is 40.3. The fraction of sp³-hybridized carbons (Fsp3) is 0.184. The standard InChI is InChI=1S/C49H32N6O6S6/c1-3-15-58-32-18-37(54-29(21-50)22-51)65-40(32)31-17-34-39(49(31,47(56)60-25-27-11-7-5-8-12-27)48(57)61-26-28-13-9-6-10-14-28)43-45(62-34)46-44(67-43)42-36(64-46)20-35(63-42)41-33(59-16-4-2)19-38(66-41)55-30(23-52)24-53/h5-14,17-20H,3-4,15-16,25-26H2,1-2H3. The van der Waals surface area contributed by atoms with E-state index in [2.05, 4.69) is 16.1 Å². The molecule has 0 atom stereocenters. The molecule has 6 heterocycles. The van der Waals surface area contributed by atoms with Gasteiger partial charge in [-0.15, -0.1) is 68.0 Å². The van der Waals surface area contributed by atoms with Crippen molar-refractivity contribution in [2.45, 2.75) is 45.3 Å². The summed E-state index contributed by atoms with van der Waals surface area (Å²) in [7, 11) is 0. The van der Waals surface area contributed by atoms with Gasteiger partial charge < -0.3 is 18.9 Å². The molecule has 0 unspecified atom stereocenters. The van der Waals surface area contributed by atoms with Gasteiger partial charge in [-0.25, -0.2) is 9.98 Å². The maximum atomic E-state index is 15.5. The fourth-order valence-electron chi connectivity index (χ4n) is 7.44. The van der Waals surface area contributed by atoms with E-state index >= 15 is 9.59 Å². The number of thiophene rings is 6. The summed E-state index contributed by atoms with van der Waals surface area (Å²) in [6, 6.07) is 31.2. The van der Waals surface area contributed by atoms with E-state index in [9.17, 15) is 21.0 Å². The zero-order valence-electron chi connectivity index (χ0n) is 35.4. The molecule has 67 heavy (non-hydrogen) atoms. The molecule has 9 rings (SSSR count). The van der Waals surface area contributed by atoms with Crippen LogP contribution in [0.2, 0.25) is 0 Å². The van der Waals surface area contributed by atoms with Crippen LogP contribution in [-0.4, -0.2) is 36.6 Å². The van der Waals surface area contributed by atoms with E-state index in [1.54, 1.807) is 34.8 Å². The van der Waals surface area contributed by atoms with Gasteiger partial charge in [-0.1, -0.05) is 74.5 Å². The largest absolute Gasteiger partial charge is 0.492 e. The second-order valence-electron chi connectivity index (χ2n) is 14.7. The van der Waals surface area contributed by atoms with Crippen molar-refractivity contribution in [1.82, 2.24) is 0 Å². The molecule has 0 saturated carbocycles. The number of ether oxygens (including phenoxy) is 4. The molecule has 0 saturated heterocycles. The van der Waals surface area contributed by atoms with E-state index in [0.29, 0.717) is 51.5 Å². The number of benzene rings is 2. The summed E-state index contributed by atoms with van der Waals surface area (Å²) in [5, 5.41) is 38.8. The monoisotopic (exact) mass is 992 g/mol. The first-order valence-electron chi connectivity index (χ1n) is 20.6. The number of aliphatic imine (C=N–C) groups is 2. The Morgan fingerprint density at radius 2 is 1.10 bits per heavy atom. The predicted molar refractivity (Wildman–Crippen MR) is 268 cm³/mol. The summed E-state index contributed by atoms with van der Waals surface area (Å²) in [5.74, 6) is -0.721. The van der Waals surface area contributed by atoms with Gasteiger partial charge in [-0.3, -0.25) is 9.59 Å². The van der Waals surface area contributed by atoms with Crippen molar-refractivity contribution in [1.29, 1.82) is 21.0 Å². The first-order chi connectivity index (χ1) is 32.7. The van der Waals surface area contributed by atoms with Crippen LogP contribution in [0.4, 0.5) is 10.0 Å². The number of fused-ring (bicyclic) bond motifs is 7. The van der Waals surface area contributed by atoms with Crippen molar-refractivity contribution in [2.75, 3.05) is 13.2 Å². The molecule has 0 amide bonds. The third-order valence-electron chi connectivity index (χ3n) is 10.3. The first kappa shape index (κ1) is 45.2. The molecule has 6 aromatic heterocycles. The summed E-state index contributed by atoms with van der Waals surface area (Å²) in [6.07, 6.45) is 3.27. The van der Waals surface area contributed by atoms with Crippen LogP contribution < -0.4 is 9.47 Å². The van der Waals surface area contributed by atoms with Crippen LogP contribution in [0.1, 0.15) is 53.1 Å². The van der Waals surface area contributed by atoms with Crippen molar-refractivity contribution >= 4 is 141 Å². The minimum Gasteiger partial charge on any atom is -0.492 e. The summed E-state index contributed by atoms with van der Waals surface area (Å²) in [6.45, 7) is 4.49.